The van der Waals surface area contributed by atoms with E-state index in [0.717, 1.165) is 42.6 Å². The number of hydrogen-bond acceptors (Lipinski definition) is 4. The molecule has 2 aromatic rings. The minimum absolute atomic E-state index is 0.0581. The molecule has 0 fully saturated rings. The third-order valence-electron chi connectivity index (χ3n) is 6.22. The van der Waals surface area contributed by atoms with E-state index in [2.05, 4.69) is 30.0 Å². The van der Waals surface area contributed by atoms with E-state index in [-0.39, 0.29) is 10.8 Å². The van der Waals surface area contributed by atoms with Crippen molar-refractivity contribution in [3.05, 3.63) is 53.6 Å². The molecule has 0 radical (unpaired) electrons. The minimum Gasteiger partial charge on any atom is -0.359 e. The zero-order valence-corrected chi connectivity index (χ0v) is 18.7. The molecule has 2 aliphatic rings. The predicted molar refractivity (Wildman–Crippen MR) is 120 cm³/mol. The highest BCUT2D eigenvalue weighted by molar-refractivity contribution is 7.89. The van der Waals surface area contributed by atoms with Crippen LogP contribution in [0.3, 0.4) is 0 Å². The minimum atomic E-state index is -3.49. The van der Waals surface area contributed by atoms with E-state index < -0.39 is 10.0 Å². The lowest BCUT2D eigenvalue weighted by molar-refractivity contribution is -0.117. The number of anilines is 2. The summed E-state index contributed by atoms with van der Waals surface area (Å²) in [4.78, 5) is 17.6. The van der Waals surface area contributed by atoms with Gasteiger partial charge in [-0.1, -0.05) is 18.2 Å². The van der Waals surface area contributed by atoms with Crippen LogP contribution in [-0.2, 0) is 27.7 Å². The Balaban J connectivity index is 1.60. The van der Waals surface area contributed by atoms with Gasteiger partial charge in [-0.25, -0.2) is 12.7 Å². The maximum Gasteiger partial charge on any atom is 0.246 e. The Bertz CT molecular complexity index is 1070. The highest BCUT2D eigenvalue weighted by Crippen LogP contribution is 2.33. The van der Waals surface area contributed by atoms with Gasteiger partial charge in [0, 0.05) is 38.1 Å². The smallest absolute Gasteiger partial charge is 0.246 e. The Kier molecular flexibility index (Phi) is 5.59. The molecule has 0 spiro atoms. The summed E-state index contributed by atoms with van der Waals surface area (Å²) >= 11 is 0. The number of aryl methyl sites for hydroxylation is 2. The van der Waals surface area contributed by atoms with Crippen LogP contribution in [0.4, 0.5) is 11.4 Å². The number of fused-ring (bicyclic) bond motifs is 2. The lowest BCUT2D eigenvalue weighted by atomic mass is 9.96. The standard InChI is InChI=1S/C23H29N3O3S/c1-17-10-11-18-7-4-5-9-21(18)26(17)16-23(27)25-14-6-8-19-15-20(12-13-22(19)25)30(28,29)24(2)3/h4-5,7,9,12-13,15,17H,6,8,10-11,14,16H2,1-3H3/t17-/m0/s1. The van der Waals surface area contributed by atoms with E-state index in [1.165, 1.54) is 24.0 Å². The number of para-hydroxylation sites is 1. The van der Waals surface area contributed by atoms with Gasteiger partial charge < -0.3 is 9.80 Å². The lowest BCUT2D eigenvalue weighted by Crippen LogP contribution is -2.47. The maximum absolute atomic E-state index is 13.3. The lowest BCUT2D eigenvalue weighted by Gasteiger charge is -2.38. The second-order valence-corrected chi connectivity index (χ2v) is 10.5. The molecule has 6 nitrogen and oxygen atoms in total. The number of amides is 1. The number of rotatable bonds is 4. The van der Waals surface area contributed by atoms with E-state index in [1.807, 2.05) is 11.0 Å². The number of carbonyl (C=O) groups excluding carboxylic acids is 1. The molecule has 30 heavy (non-hydrogen) atoms. The van der Waals surface area contributed by atoms with Crippen LogP contribution in [0.1, 0.15) is 30.9 Å². The summed E-state index contributed by atoms with van der Waals surface area (Å²) in [5.41, 5.74) is 4.20. The summed E-state index contributed by atoms with van der Waals surface area (Å²) in [7, 11) is -0.430. The SMILES string of the molecule is C[C@H]1CCc2ccccc2N1CC(=O)N1CCCc2cc(S(=O)(=O)N(C)C)ccc21. The number of hydrogen-bond donors (Lipinski definition) is 0. The molecule has 2 heterocycles. The van der Waals surface area contributed by atoms with Crippen LogP contribution in [-0.4, -0.2) is 51.9 Å². The van der Waals surface area contributed by atoms with Crippen molar-refractivity contribution in [1.29, 1.82) is 0 Å². The Morgan fingerprint density at radius 1 is 1.07 bits per heavy atom. The van der Waals surface area contributed by atoms with Crippen molar-refractivity contribution in [2.75, 3.05) is 37.0 Å². The normalized spacial score (nSPS) is 18.9. The van der Waals surface area contributed by atoms with Crippen molar-refractivity contribution in [3.63, 3.8) is 0 Å². The number of carbonyl (C=O) groups is 1. The van der Waals surface area contributed by atoms with Gasteiger partial charge >= 0.3 is 0 Å². The summed E-state index contributed by atoms with van der Waals surface area (Å²) < 4.78 is 26.2. The van der Waals surface area contributed by atoms with Gasteiger partial charge in [0.2, 0.25) is 15.9 Å². The molecule has 1 atom stereocenters. The monoisotopic (exact) mass is 427 g/mol. The maximum atomic E-state index is 13.3. The first-order valence-electron chi connectivity index (χ1n) is 10.5. The van der Waals surface area contributed by atoms with Crippen LogP contribution < -0.4 is 9.80 Å². The van der Waals surface area contributed by atoms with Gasteiger partial charge in [0.05, 0.1) is 11.4 Å². The zero-order chi connectivity index (χ0) is 21.5. The fourth-order valence-corrected chi connectivity index (χ4v) is 5.39. The average Bonchev–Trinajstić information content (AvgIpc) is 2.74. The molecule has 0 bridgehead atoms. The molecule has 0 saturated heterocycles. The Hall–Kier alpha value is -2.38. The van der Waals surface area contributed by atoms with E-state index in [0.29, 0.717) is 19.1 Å². The quantitative estimate of drug-likeness (QED) is 0.753. The highest BCUT2D eigenvalue weighted by Gasteiger charge is 2.29. The molecule has 7 heteroatoms. The van der Waals surface area contributed by atoms with Crippen molar-refractivity contribution in [3.8, 4) is 0 Å². The van der Waals surface area contributed by atoms with Crippen LogP contribution in [0.25, 0.3) is 0 Å². The molecule has 0 unspecified atom stereocenters. The molecule has 0 saturated carbocycles. The van der Waals surface area contributed by atoms with Crippen LogP contribution in [0, 0.1) is 0 Å². The molecule has 0 aromatic heterocycles. The Morgan fingerprint density at radius 3 is 2.60 bits per heavy atom. The Labute approximate surface area is 179 Å². The van der Waals surface area contributed by atoms with E-state index in [9.17, 15) is 13.2 Å². The van der Waals surface area contributed by atoms with E-state index in [1.54, 1.807) is 18.2 Å². The van der Waals surface area contributed by atoms with Crippen molar-refractivity contribution < 1.29 is 13.2 Å². The topological polar surface area (TPSA) is 60.9 Å². The van der Waals surface area contributed by atoms with Gasteiger partial charge in [-0.05, 0) is 68.0 Å². The molecular weight excluding hydrogens is 398 g/mol. The third kappa shape index (κ3) is 3.72. The molecule has 1 amide bonds. The van der Waals surface area contributed by atoms with Crippen molar-refractivity contribution >= 4 is 27.3 Å². The van der Waals surface area contributed by atoms with Crippen molar-refractivity contribution in [2.24, 2.45) is 0 Å². The molecule has 0 aliphatic carbocycles. The summed E-state index contributed by atoms with van der Waals surface area (Å²) in [5, 5.41) is 0. The Morgan fingerprint density at radius 2 is 1.83 bits per heavy atom. The second kappa shape index (κ2) is 8.04. The zero-order valence-electron chi connectivity index (χ0n) is 17.8. The first-order chi connectivity index (χ1) is 14.3. The molecule has 2 aliphatic heterocycles. The van der Waals surface area contributed by atoms with Gasteiger partial charge in [-0.3, -0.25) is 4.79 Å². The highest BCUT2D eigenvalue weighted by atomic mass is 32.2. The van der Waals surface area contributed by atoms with Gasteiger partial charge in [0.25, 0.3) is 0 Å². The van der Waals surface area contributed by atoms with Crippen LogP contribution in [0.2, 0.25) is 0 Å². The van der Waals surface area contributed by atoms with E-state index >= 15 is 0 Å². The molecule has 160 valence electrons. The average molecular weight is 428 g/mol. The summed E-state index contributed by atoms with van der Waals surface area (Å²) in [6.45, 7) is 3.16. The van der Waals surface area contributed by atoms with Crippen LogP contribution >= 0.6 is 0 Å². The van der Waals surface area contributed by atoms with Crippen LogP contribution in [0.15, 0.2) is 47.4 Å². The molecule has 4 rings (SSSR count). The second-order valence-electron chi connectivity index (χ2n) is 8.37. The summed E-state index contributed by atoms with van der Waals surface area (Å²) in [5.74, 6) is 0.0581. The van der Waals surface area contributed by atoms with Crippen molar-refractivity contribution in [2.45, 2.75) is 43.5 Å². The van der Waals surface area contributed by atoms with E-state index in [4.69, 9.17) is 0 Å². The van der Waals surface area contributed by atoms with Gasteiger partial charge in [0.15, 0.2) is 0 Å². The number of benzene rings is 2. The number of sulfonamides is 1. The molecular formula is C23H29N3O3S. The first kappa shape index (κ1) is 20.9. The van der Waals surface area contributed by atoms with Crippen LogP contribution in [0.5, 0.6) is 0 Å². The molecule has 2 aromatic carbocycles. The van der Waals surface area contributed by atoms with Gasteiger partial charge in [0.1, 0.15) is 0 Å². The predicted octanol–water partition coefficient (Wildman–Crippen LogP) is 3.06. The fourth-order valence-electron chi connectivity index (χ4n) is 4.44. The van der Waals surface area contributed by atoms with Gasteiger partial charge in [-0.2, -0.15) is 0 Å². The first-order valence-corrected chi connectivity index (χ1v) is 11.9. The van der Waals surface area contributed by atoms with Gasteiger partial charge in [-0.15, -0.1) is 0 Å². The largest absolute Gasteiger partial charge is 0.359 e. The summed E-state index contributed by atoms with van der Waals surface area (Å²) in [6.07, 6.45) is 3.68. The molecule has 0 N–H and O–H groups in total. The number of nitrogens with zero attached hydrogens (tertiary/aromatic N) is 3. The third-order valence-corrected chi connectivity index (χ3v) is 8.03. The van der Waals surface area contributed by atoms with Crippen molar-refractivity contribution in [1.82, 2.24) is 4.31 Å². The summed E-state index contributed by atoms with van der Waals surface area (Å²) in [6, 6.07) is 13.7. The fraction of sp³-hybridized carbons (Fsp3) is 0.435.